The molecule has 2 N–H and O–H groups in total. The number of hydrogen-bond donors (Lipinski definition) is 2. The zero-order valence-corrected chi connectivity index (χ0v) is 12.8. The summed E-state index contributed by atoms with van der Waals surface area (Å²) in [6, 6.07) is 16.4. The van der Waals surface area contributed by atoms with E-state index in [9.17, 15) is 0 Å². The summed E-state index contributed by atoms with van der Waals surface area (Å²) >= 11 is 0. The molecule has 0 aliphatic carbocycles. The van der Waals surface area contributed by atoms with Crippen LogP contribution in [0.5, 0.6) is 0 Å². The highest BCUT2D eigenvalue weighted by atomic mass is 15.3. The van der Waals surface area contributed by atoms with E-state index in [-0.39, 0.29) is 6.04 Å². The number of rotatable bonds is 4. The molecule has 0 amide bonds. The average Bonchev–Trinajstić information content (AvgIpc) is 3.26. The number of nitrogens with one attached hydrogen (secondary N) is 2. The standard InChI is InChI=1S/C18H17N5/c1-13(21-17-8-7-14-9-11-19-18(14)22-17)15-5-2-3-6-16(15)23-12-4-10-20-23/h2-13H,1H3,(H2,19,21,22). The molecule has 0 aliphatic heterocycles. The molecular formula is C18H17N5. The van der Waals surface area contributed by atoms with Gasteiger partial charge in [0, 0.05) is 24.0 Å². The van der Waals surface area contributed by atoms with E-state index < -0.39 is 0 Å². The third-order valence-electron chi connectivity index (χ3n) is 3.93. The molecule has 0 fully saturated rings. The van der Waals surface area contributed by atoms with E-state index >= 15 is 0 Å². The minimum atomic E-state index is 0.107. The highest BCUT2D eigenvalue weighted by Gasteiger charge is 2.12. The summed E-state index contributed by atoms with van der Waals surface area (Å²) in [7, 11) is 0. The highest BCUT2D eigenvalue weighted by molar-refractivity contribution is 5.77. The minimum absolute atomic E-state index is 0.107. The zero-order valence-electron chi connectivity index (χ0n) is 12.8. The zero-order chi connectivity index (χ0) is 15.6. The van der Waals surface area contributed by atoms with Gasteiger partial charge in [0.2, 0.25) is 0 Å². The van der Waals surface area contributed by atoms with Crippen LogP contribution >= 0.6 is 0 Å². The van der Waals surface area contributed by atoms with Crippen molar-refractivity contribution >= 4 is 16.9 Å². The SMILES string of the molecule is CC(Nc1ccc2cc[nH]c2n1)c1ccccc1-n1cccn1. The predicted octanol–water partition coefficient (Wildman–Crippen LogP) is 3.92. The second-order valence-corrected chi connectivity index (χ2v) is 5.49. The van der Waals surface area contributed by atoms with E-state index in [1.807, 2.05) is 47.4 Å². The predicted molar refractivity (Wildman–Crippen MR) is 91.7 cm³/mol. The monoisotopic (exact) mass is 303 g/mol. The topological polar surface area (TPSA) is 58.5 Å². The van der Waals surface area contributed by atoms with Crippen LogP contribution in [0.1, 0.15) is 18.5 Å². The molecule has 5 heteroatoms. The van der Waals surface area contributed by atoms with Gasteiger partial charge in [0.05, 0.1) is 11.7 Å². The smallest absolute Gasteiger partial charge is 0.139 e. The number of aromatic nitrogens is 4. The summed E-state index contributed by atoms with van der Waals surface area (Å²) in [6.45, 7) is 2.13. The van der Waals surface area contributed by atoms with Crippen LogP contribution in [0.3, 0.4) is 0 Å². The Morgan fingerprint density at radius 2 is 2.00 bits per heavy atom. The first-order valence-corrected chi connectivity index (χ1v) is 7.61. The number of H-pyrrole nitrogens is 1. The van der Waals surface area contributed by atoms with Gasteiger partial charge in [-0.25, -0.2) is 9.67 Å². The van der Waals surface area contributed by atoms with Gasteiger partial charge in [-0.15, -0.1) is 0 Å². The van der Waals surface area contributed by atoms with Crippen LogP contribution in [0, 0.1) is 0 Å². The van der Waals surface area contributed by atoms with Crippen molar-refractivity contribution in [1.82, 2.24) is 19.7 Å². The van der Waals surface area contributed by atoms with Crippen LogP contribution in [0.25, 0.3) is 16.7 Å². The Labute approximate surface area is 134 Å². The van der Waals surface area contributed by atoms with E-state index in [2.05, 4.69) is 45.5 Å². The summed E-state index contributed by atoms with van der Waals surface area (Å²) in [5.74, 6) is 0.850. The lowest BCUT2D eigenvalue weighted by molar-refractivity contribution is 0.815. The summed E-state index contributed by atoms with van der Waals surface area (Å²) in [5.41, 5.74) is 3.13. The van der Waals surface area contributed by atoms with Crippen LogP contribution in [-0.2, 0) is 0 Å². The number of nitrogens with zero attached hydrogens (tertiary/aromatic N) is 3. The van der Waals surface area contributed by atoms with Crippen molar-refractivity contribution in [3.8, 4) is 5.69 Å². The molecule has 0 saturated carbocycles. The van der Waals surface area contributed by atoms with Crippen molar-refractivity contribution in [2.24, 2.45) is 0 Å². The lowest BCUT2D eigenvalue weighted by Crippen LogP contribution is -2.11. The van der Waals surface area contributed by atoms with Crippen molar-refractivity contribution < 1.29 is 0 Å². The third-order valence-corrected chi connectivity index (χ3v) is 3.93. The Kier molecular flexibility index (Phi) is 3.31. The number of anilines is 1. The molecule has 0 aliphatic rings. The number of fused-ring (bicyclic) bond motifs is 1. The molecule has 1 aromatic carbocycles. The summed E-state index contributed by atoms with van der Waals surface area (Å²) < 4.78 is 1.88. The first-order chi connectivity index (χ1) is 11.3. The van der Waals surface area contributed by atoms with E-state index in [0.717, 1.165) is 22.5 Å². The molecule has 114 valence electrons. The Hall–Kier alpha value is -3.08. The van der Waals surface area contributed by atoms with Gasteiger partial charge in [-0.3, -0.25) is 0 Å². The largest absolute Gasteiger partial charge is 0.363 e. The van der Waals surface area contributed by atoms with E-state index in [0.29, 0.717) is 0 Å². The molecule has 1 unspecified atom stereocenters. The number of para-hydroxylation sites is 1. The molecule has 3 heterocycles. The van der Waals surface area contributed by atoms with Gasteiger partial charge < -0.3 is 10.3 Å². The van der Waals surface area contributed by atoms with Crippen LogP contribution in [-0.4, -0.2) is 19.7 Å². The molecule has 5 nitrogen and oxygen atoms in total. The first-order valence-electron chi connectivity index (χ1n) is 7.61. The maximum absolute atomic E-state index is 4.60. The van der Waals surface area contributed by atoms with E-state index in [1.165, 1.54) is 5.56 Å². The van der Waals surface area contributed by atoms with Crippen molar-refractivity contribution in [3.63, 3.8) is 0 Å². The van der Waals surface area contributed by atoms with Crippen molar-refractivity contribution in [2.75, 3.05) is 5.32 Å². The molecule has 0 spiro atoms. The van der Waals surface area contributed by atoms with Gasteiger partial charge in [-0.05, 0) is 42.8 Å². The summed E-state index contributed by atoms with van der Waals surface area (Å²) in [4.78, 5) is 7.75. The third kappa shape index (κ3) is 2.57. The van der Waals surface area contributed by atoms with Gasteiger partial charge in [-0.2, -0.15) is 5.10 Å². The van der Waals surface area contributed by atoms with E-state index in [1.54, 1.807) is 6.20 Å². The van der Waals surface area contributed by atoms with Crippen molar-refractivity contribution in [2.45, 2.75) is 13.0 Å². The maximum atomic E-state index is 4.60. The lowest BCUT2D eigenvalue weighted by Gasteiger charge is -2.18. The van der Waals surface area contributed by atoms with Gasteiger partial charge in [0.25, 0.3) is 0 Å². The van der Waals surface area contributed by atoms with Crippen molar-refractivity contribution in [3.05, 3.63) is 72.7 Å². The molecule has 23 heavy (non-hydrogen) atoms. The molecule has 3 aromatic heterocycles. The van der Waals surface area contributed by atoms with Gasteiger partial charge in [0.1, 0.15) is 11.5 Å². The second kappa shape index (κ2) is 5.61. The molecule has 4 rings (SSSR count). The van der Waals surface area contributed by atoms with Crippen LogP contribution < -0.4 is 5.32 Å². The Bertz CT molecular complexity index is 923. The van der Waals surface area contributed by atoms with Crippen LogP contribution in [0.2, 0.25) is 0 Å². The second-order valence-electron chi connectivity index (χ2n) is 5.49. The number of hydrogen-bond acceptors (Lipinski definition) is 3. The highest BCUT2D eigenvalue weighted by Crippen LogP contribution is 2.24. The van der Waals surface area contributed by atoms with Crippen LogP contribution in [0.15, 0.2) is 67.1 Å². The minimum Gasteiger partial charge on any atom is -0.363 e. The Balaban J connectivity index is 1.65. The summed E-state index contributed by atoms with van der Waals surface area (Å²) in [5, 5.41) is 8.92. The molecule has 0 radical (unpaired) electrons. The lowest BCUT2D eigenvalue weighted by atomic mass is 10.1. The first kappa shape index (κ1) is 13.6. The Morgan fingerprint density at radius 1 is 1.09 bits per heavy atom. The number of aromatic amines is 1. The maximum Gasteiger partial charge on any atom is 0.139 e. The van der Waals surface area contributed by atoms with Crippen LogP contribution in [0.4, 0.5) is 5.82 Å². The quantitative estimate of drug-likeness (QED) is 0.600. The van der Waals surface area contributed by atoms with Gasteiger partial charge >= 0.3 is 0 Å². The van der Waals surface area contributed by atoms with Gasteiger partial charge in [0.15, 0.2) is 0 Å². The fraction of sp³-hybridized carbons (Fsp3) is 0.111. The number of pyridine rings is 1. The fourth-order valence-corrected chi connectivity index (χ4v) is 2.78. The average molecular weight is 303 g/mol. The van der Waals surface area contributed by atoms with Crippen molar-refractivity contribution in [1.29, 1.82) is 0 Å². The normalized spacial score (nSPS) is 12.4. The molecular weight excluding hydrogens is 286 g/mol. The molecule has 0 saturated heterocycles. The number of benzene rings is 1. The summed E-state index contributed by atoms with van der Waals surface area (Å²) in [6.07, 6.45) is 5.64. The van der Waals surface area contributed by atoms with Gasteiger partial charge in [-0.1, -0.05) is 18.2 Å². The molecule has 4 aromatic rings. The Morgan fingerprint density at radius 3 is 2.87 bits per heavy atom. The molecule has 0 bridgehead atoms. The van der Waals surface area contributed by atoms with E-state index in [4.69, 9.17) is 0 Å². The molecule has 1 atom stereocenters. The fourth-order valence-electron chi connectivity index (χ4n) is 2.78.